The average Bonchev–Trinajstić information content (AvgIpc) is 3.08. The van der Waals surface area contributed by atoms with Gasteiger partial charge in [-0.2, -0.15) is 13.2 Å². The molecule has 0 unspecified atom stereocenters. The number of rotatable bonds is 2. The number of halogens is 3. The van der Waals surface area contributed by atoms with Gasteiger partial charge in [0.1, 0.15) is 15.8 Å². The monoisotopic (exact) mass is 369 g/mol. The molecule has 2 aromatic rings. The van der Waals surface area contributed by atoms with Crippen LogP contribution in [-0.4, -0.2) is 22.2 Å². The summed E-state index contributed by atoms with van der Waals surface area (Å²) in [4.78, 5) is 13.7. The largest absolute Gasteiger partial charge is 0.457 e. The molecule has 1 aliphatic heterocycles. The molecule has 3 nitrogen and oxygen atoms in total. The molecule has 0 atom stereocenters. The Kier molecular flexibility index (Phi) is 4.27. The molecule has 1 amide bonds. The van der Waals surface area contributed by atoms with Crippen molar-refractivity contribution in [3.8, 4) is 11.3 Å². The molecule has 1 aliphatic rings. The third-order valence-electron chi connectivity index (χ3n) is 3.36. The van der Waals surface area contributed by atoms with Crippen molar-refractivity contribution < 1.29 is 22.4 Å². The molecule has 0 N–H and O–H groups in total. The Balaban J connectivity index is 1.90. The summed E-state index contributed by atoms with van der Waals surface area (Å²) in [5.41, 5.74) is -0.433. The molecule has 124 valence electrons. The first-order valence-corrected chi connectivity index (χ1v) is 7.97. The van der Waals surface area contributed by atoms with Crippen molar-refractivity contribution in [2.24, 2.45) is 0 Å². The maximum atomic E-state index is 12.8. The minimum absolute atomic E-state index is 0.234. The van der Waals surface area contributed by atoms with Gasteiger partial charge in [0.15, 0.2) is 0 Å². The van der Waals surface area contributed by atoms with E-state index in [1.54, 1.807) is 19.2 Å². The van der Waals surface area contributed by atoms with Crippen molar-refractivity contribution in [1.29, 1.82) is 0 Å². The summed E-state index contributed by atoms with van der Waals surface area (Å²) in [6, 6.07) is 8.03. The number of alkyl halides is 3. The van der Waals surface area contributed by atoms with E-state index in [2.05, 4.69) is 0 Å². The molecule has 0 radical (unpaired) electrons. The van der Waals surface area contributed by atoms with Crippen LogP contribution in [0.1, 0.15) is 11.3 Å². The van der Waals surface area contributed by atoms with Gasteiger partial charge < -0.3 is 4.42 Å². The zero-order valence-electron chi connectivity index (χ0n) is 12.3. The first-order valence-electron chi connectivity index (χ1n) is 6.75. The minimum atomic E-state index is -4.42. The predicted octanol–water partition coefficient (Wildman–Crippen LogP) is 4.80. The summed E-state index contributed by atoms with van der Waals surface area (Å²) in [7, 11) is 1.58. The van der Waals surface area contributed by atoms with Crippen molar-refractivity contribution >= 4 is 40.3 Å². The number of carbonyl (C=O) groups is 1. The Labute approximate surface area is 145 Å². The molecule has 1 aromatic heterocycles. The van der Waals surface area contributed by atoms with Gasteiger partial charge in [0, 0.05) is 18.7 Å². The van der Waals surface area contributed by atoms with Crippen LogP contribution in [-0.2, 0) is 11.0 Å². The van der Waals surface area contributed by atoms with E-state index in [1.165, 1.54) is 23.1 Å². The highest BCUT2D eigenvalue weighted by molar-refractivity contribution is 8.26. The van der Waals surface area contributed by atoms with E-state index in [4.69, 9.17) is 16.6 Å². The molecule has 1 saturated heterocycles. The maximum absolute atomic E-state index is 12.8. The van der Waals surface area contributed by atoms with Gasteiger partial charge in [-0.05, 0) is 24.3 Å². The second kappa shape index (κ2) is 6.10. The van der Waals surface area contributed by atoms with Crippen LogP contribution in [0.2, 0.25) is 0 Å². The Morgan fingerprint density at radius 3 is 2.62 bits per heavy atom. The van der Waals surface area contributed by atoms with Crippen molar-refractivity contribution in [2.45, 2.75) is 6.18 Å². The van der Waals surface area contributed by atoms with Crippen molar-refractivity contribution in [3.05, 3.63) is 52.6 Å². The predicted molar refractivity (Wildman–Crippen MR) is 90.1 cm³/mol. The lowest BCUT2D eigenvalue weighted by Crippen LogP contribution is -2.22. The number of nitrogens with zero attached hydrogens (tertiary/aromatic N) is 1. The van der Waals surface area contributed by atoms with Crippen molar-refractivity contribution in [2.75, 3.05) is 7.05 Å². The zero-order valence-corrected chi connectivity index (χ0v) is 13.9. The van der Waals surface area contributed by atoms with Crippen LogP contribution in [0.3, 0.4) is 0 Å². The quantitative estimate of drug-likeness (QED) is 0.563. The Bertz CT molecular complexity index is 855. The molecule has 1 aromatic carbocycles. The zero-order chi connectivity index (χ0) is 17.5. The Hall–Kier alpha value is -2.06. The molecule has 0 saturated carbocycles. The van der Waals surface area contributed by atoms with E-state index < -0.39 is 11.7 Å². The number of benzene rings is 1. The fourth-order valence-corrected chi connectivity index (χ4v) is 3.27. The molecule has 0 aliphatic carbocycles. The standard InChI is InChI=1S/C16H10F3NO2S2/c1-20-14(21)13(24-15(20)23)8-11-5-6-12(22-11)9-3-2-4-10(7-9)16(17,18)19/h2-8H,1H3/b13-8-. The molecular weight excluding hydrogens is 359 g/mol. The van der Waals surface area contributed by atoms with E-state index >= 15 is 0 Å². The van der Waals surface area contributed by atoms with Gasteiger partial charge in [0.05, 0.1) is 10.5 Å². The van der Waals surface area contributed by atoms with Crippen LogP contribution in [0.15, 0.2) is 45.7 Å². The van der Waals surface area contributed by atoms with Crippen LogP contribution in [0, 0.1) is 0 Å². The molecular formula is C16H10F3NO2S2. The summed E-state index contributed by atoms with van der Waals surface area (Å²) < 4.78 is 44.3. The second-order valence-corrected chi connectivity index (χ2v) is 6.70. The first-order chi connectivity index (χ1) is 11.3. The normalized spacial score (nSPS) is 17.2. The average molecular weight is 369 g/mol. The summed E-state index contributed by atoms with van der Waals surface area (Å²) in [6.45, 7) is 0. The van der Waals surface area contributed by atoms with E-state index in [0.717, 1.165) is 23.9 Å². The number of hydrogen-bond acceptors (Lipinski definition) is 4. The third-order valence-corrected chi connectivity index (χ3v) is 4.85. The van der Waals surface area contributed by atoms with Crippen LogP contribution in [0.4, 0.5) is 13.2 Å². The summed E-state index contributed by atoms with van der Waals surface area (Å²) in [5.74, 6) is 0.428. The summed E-state index contributed by atoms with van der Waals surface area (Å²) >= 11 is 6.18. The highest BCUT2D eigenvalue weighted by Gasteiger charge is 2.31. The topological polar surface area (TPSA) is 33.5 Å². The molecule has 1 fully saturated rings. The van der Waals surface area contributed by atoms with Crippen LogP contribution >= 0.6 is 24.0 Å². The first kappa shape index (κ1) is 16.8. The smallest absolute Gasteiger partial charge is 0.416 e. The minimum Gasteiger partial charge on any atom is -0.457 e. The van der Waals surface area contributed by atoms with Crippen LogP contribution in [0.25, 0.3) is 17.4 Å². The van der Waals surface area contributed by atoms with Gasteiger partial charge >= 0.3 is 6.18 Å². The maximum Gasteiger partial charge on any atom is 0.416 e. The molecule has 0 spiro atoms. The second-order valence-electron chi connectivity index (χ2n) is 5.02. The van der Waals surface area contributed by atoms with Crippen molar-refractivity contribution in [1.82, 2.24) is 4.90 Å². The lowest BCUT2D eigenvalue weighted by Gasteiger charge is -2.07. The van der Waals surface area contributed by atoms with Gasteiger partial charge in [-0.3, -0.25) is 9.69 Å². The molecule has 24 heavy (non-hydrogen) atoms. The fourth-order valence-electron chi connectivity index (χ4n) is 2.11. The molecule has 0 bridgehead atoms. The number of amides is 1. The lowest BCUT2D eigenvalue weighted by molar-refractivity contribution is -0.137. The molecule has 3 rings (SSSR count). The molecule has 2 heterocycles. The van der Waals surface area contributed by atoms with E-state index in [-0.39, 0.29) is 5.91 Å². The number of furan rings is 1. The number of thioether (sulfide) groups is 1. The van der Waals surface area contributed by atoms with Crippen molar-refractivity contribution in [3.63, 3.8) is 0 Å². The fraction of sp³-hybridized carbons (Fsp3) is 0.125. The van der Waals surface area contributed by atoms with Crippen LogP contribution in [0.5, 0.6) is 0 Å². The van der Waals surface area contributed by atoms with E-state index in [1.807, 2.05) is 0 Å². The van der Waals surface area contributed by atoms with Gasteiger partial charge in [0.2, 0.25) is 0 Å². The summed E-state index contributed by atoms with van der Waals surface area (Å²) in [6.07, 6.45) is -2.89. The highest BCUT2D eigenvalue weighted by Crippen LogP contribution is 2.34. The number of carbonyl (C=O) groups excluding carboxylic acids is 1. The van der Waals surface area contributed by atoms with E-state index in [9.17, 15) is 18.0 Å². The SMILES string of the molecule is CN1C(=O)/C(=C/c2ccc(-c3cccc(C(F)(F)F)c3)o2)SC1=S. The van der Waals surface area contributed by atoms with Gasteiger partial charge in [-0.15, -0.1) is 0 Å². The number of thiocarbonyl (C=S) groups is 1. The van der Waals surface area contributed by atoms with Gasteiger partial charge in [0.25, 0.3) is 5.91 Å². The number of hydrogen-bond donors (Lipinski definition) is 0. The molecule has 8 heteroatoms. The van der Waals surface area contributed by atoms with Crippen LogP contribution < -0.4 is 0 Å². The summed E-state index contributed by atoms with van der Waals surface area (Å²) in [5, 5.41) is 0. The van der Waals surface area contributed by atoms with E-state index in [0.29, 0.717) is 26.3 Å². The van der Waals surface area contributed by atoms with Gasteiger partial charge in [-0.25, -0.2) is 0 Å². The third kappa shape index (κ3) is 3.25. The Morgan fingerprint density at radius 2 is 2.00 bits per heavy atom. The van der Waals surface area contributed by atoms with Gasteiger partial charge in [-0.1, -0.05) is 36.1 Å². The highest BCUT2D eigenvalue weighted by atomic mass is 32.2. The number of likely N-dealkylation sites (N-methyl/N-ethyl adjacent to an activating group) is 1. The Morgan fingerprint density at radius 1 is 1.25 bits per heavy atom. The lowest BCUT2D eigenvalue weighted by atomic mass is 10.1.